The first-order chi connectivity index (χ1) is 15.4. The van der Waals surface area contributed by atoms with E-state index < -0.39 is 0 Å². The molecule has 1 amide bonds. The van der Waals surface area contributed by atoms with Crippen LogP contribution in [0.3, 0.4) is 0 Å². The maximum absolute atomic E-state index is 13.5. The van der Waals surface area contributed by atoms with Crippen molar-refractivity contribution in [2.45, 2.75) is 65.5 Å². The van der Waals surface area contributed by atoms with Crippen molar-refractivity contribution in [3.05, 3.63) is 46.4 Å². The second-order valence-electron chi connectivity index (χ2n) is 8.36. The summed E-state index contributed by atoms with van der Waals surface area (Å²) in [6.07, 6.45) is 5.58. The molecule has 1 aromatic carbocycles. The second kappa shape index (κ2) is 8.91. The highest BCUT2D eigenvalue weighted by atomic mass is 19.1. The Balaban J connectivity index is 1.55. The maximum Gasteiger partial charge on any atom is 0.249 e. The summed E-state index contributed by atoms with van der Waals surface area (Å²) in [7, 11) is 0. The summed E-state index contributed by atoms with van der Waals surface area (Å²) < 4.78 is 15.6. The number of hydrogen-bond acceptors (Lipinski definition) is 5. The molecule has 2 heterocycles. The molecule has 0 atom stereocenters. The SMILES string of the molecule is Cc1cc(-c2nnn(CC(=O)Nc3c(C#N)c(C)c(C)n3C3CCCCC3)n2)ccc1F. The number of aryl methyl sites for hydroxylation is 1. The van der Waals surface area contributed by atoms with E-state index in [1.807, 2.05) is 13.8 Å². The number of aromatic nitrogens is 5. The molecule has 9 heteroatoms. The largest absolute Gasteiger partial charge is 0.327 e. The first-order valence-corrected chi connectivity index (χ1v) is 10.8. The highest BCUT2D eigenvalue weighted by molar-refractivity contribution is 5.91. The van der Waals surface area contributed by atoms with Gasteiger partial charge in [0, 0.05) is 17.3 Å². The van der Waals surface area contributed by atoms with E-state index in [0.29, 0.717) is 28.3 Å². The Morgan fingerprint density at radius 3 is 2.69 bits per heavy atom. The molecule has 0 aliphatic heterocycles. The van der Waals surface area contributed by atoms with Crippen molar-refractivity contribution >= 4 is 11.7 Å². The number of halogens is 1. The molecule has 8 nitrogen and oxygen atoms in total. The zero-order valence-corrected chi connectivity index (χ0v) is 18.5. The van der Waals surface area contributed by atoms with Gasteiger partial charge in [-0.15, -0.1) is 10.2 Å². The number of carbonyl (C=O) groups is 1. The van der Waals surface area contributed by atoms with Gasteiger partial charge in [-0.2, -0.15) is 10.1 Å². The number of amides is 1. The molecular weight excluding hydrogens is 409 g/mol. The van der Waals surface area contributed by atoms with Crippen LogP contribution in [0.4, 0.5) is 10.2 Å². The average Bonchev–Trinajstić information content (AvgIpc) is 3.33. The maximum atomic E-state index is 13.5. The van der Waals surface area contributed by atoms with Gasteiger partial charge in [-0.05, 0) is 68.2 Å². The topological polar surface area (TPSA) is 101 Å². The Labute approximate surface area is 186 Å². The number of tetrazole rings is 1. The van der Waals surface area contributed by atoms with Crippen molar-refractivity contribution in [3.8, 4) is 17.5 Å². The van der Waals surface area contributed by atoms with Gasteiger partial charge >= 0.3 is 0 Å². The Hall–Kier alpha value is -3.54. The second-order valence-corrected chi connectivity index (χ2v) is 8.36. The molecule has 3 aromatic rings. The van der Waals surface area contributed by atoms with E-state index in [2.05, 4.69) is 31.4 Å². The Bertz CT molecular complexity index is 1200. The van der Waals surface area contributed by atoms with Crippen molar-refractivity contribution in [2.75, 3.05) is 5.32 Å². The molecule has 0 unspecified atom stereocenters. The van der Waals surface area contributed by atoms with E-state index in [0.717, 1.165) is 36.9 Å². The van der Waals surface area contributed by atoms with E-state index in [9.17, 15) is 14.4 Å². The van der Waals surface area contributed by atoms with Crippen molar-refractivity contribution in [2.24, 2.45) is 0 Å². The van der Waals surface area contributed by atoms with E-state index in [4.69, 9.17) is 0 Å². The fraction of sp³-hybridized carbons (Fsp3) is 0.435. The predicted molar refractivity (Wildman–Crippen MR) is 117 cm³/mol. The predicted octanol–water partition coefficient (Wildman–Crippen LogP) is 4.22. The zero-order valence-electron chi connectivity index (χ0n) is 18.5. The number of rotatable bonds is 5. The molecule has 1 N–H and O–H groups in total. The van der Waals surface area contributed by atoms with Crippen molar-refractivity contribution in [1.29, 1.82) is 5.26 Å². The van der Waals surface area contributed by atoms with Gasteiger partial charge in [0.15, 0.2) is 0 Å². The normalized spacial score (nSPS) is 14.3. The van der Waals surface area contributed by atoms with Crippen LogP contribution in [-0.2, 0) is 11.3 Å². The minimum atomic E-state index is -0.338. The molecule has 4 rings (SSSR count). The molecule has 0 bridgehead atoms. The lowest BCUT2D eigenvalue weighted by Crippen LogP contribution is -2.24. The molecule has 1 aliphatic carbocycles. The summed E-state index contributed by atoms with van der Waals surface area (Å²) in [5.41, 5.74) is 3.50. The standard InChI is InChI=1S/C23H26FN7O/c1-14-11-17(9-10-20(14)24)22-27-29-30(28-22)13-21(32)26-23-19(12-25)15(2)16(3)31(23)18-7-5-4-6-8-18/h9-11,18H,4-8,13H2,1-3H3,(H,26,32). The minimum absolute atomic E-state index is 0.147. The van der Waals surface area contributed by atoms with Crippen molar-refractivity contribution in [1.82, 2.24) is 24.8 Å². The van der Waals surface area contributed by atoms with Crippen LogP contribution in [0, 0.1) is 37.9 Å². The number of anilines is 1. The summed E-state index contributed by atoms with van der Waals surface area (Å²) in [5, 5.41) is 24.8. The number of benzene rings is 1. The molecular formula is C23H26FN7O. The molecule has 0 spiro atoms. The lowest BCUT2D eigenvalue weighted by molar-refractivity contribution is -0.117. The summed E-state index contributed by atoms with van der Waals surface area (Å²) in [5.74, 6) is 0.223. The Morgan fingerprint density at radius 1 is 1.25 bits per heavy atom. The molecule has 1 aliphatic rings. The van der Waals surface area contributed by atoms with Gasteiger partial charge in [0.1, 0.15) is 24.2 Å². The molecule has 0 radical (unpaired) electrons. The van der Waals surface area contributed by atoms with Crippen LogP contribution in [0.25, 0.3) is 11.4 Å². The zero-order chi connectivity index (χ0) is 22.8. The number of hydrogen-bond donors (Lipinski definition) is 1. The van der Waals surface area contributed by atoms with Crippen LogP contribution in [0.15, 0.2) is 18.2 Å². The highest BCUT2D eigenvalue weighted by Gasteiger charge is 2.26. The summed E-state index contributed by atoms with van der Waals surface area (Å²) in [4.78, 5) is 14.0. The lowest BCUT2D eigenvalue weighted by atomic mass is 9.95. The van der Waals surface area contributed by atoms with Gasteiger partial charge in [0.2, 0.25) is 11.7 Å². The van der Waals surface area contributed by atoms with Crippen LogP contribution in [-0.4, -0.2) is 30.7 Å². The Kier molecular flexibility index (Phi) is 6.04. The first kappa shape index (κ1) is 21.7. The molecule has 32 heavy (non-hydrogen) atoms. The van der Waals surface area contributed by atoms with E-state index in [1.165, 1.54) is 17.3 Å². The highest BCUT2D eigenvalue weighted by Crippen LogP contribution is 2.36. The first-order valence-electron chi connectivity index (χ1n) is 10.8. The van der Waals surface area contributed by atoms with Crippen LogP contribution in [0.5, 0.6) is 0 Å². The fourth-order valence-electron chi connectivity index (χ4n) is 4.39. The van der Waals surface area contributed by atoms with Gasteiger partial charge in [-0.25, -0.2) is 4.39 Å². The van der Waals surface area contributed by atoms with Crippen molar-refractivity contribution in [3.63, 3.8) is 0 Å². The molecule has 1 saturated carbocycles. The van der Waals surface area contributed by atoms with E-state index in [-0.39, 0.29) is 24.3 Å². The third-order valence-corrected chi connectivity index (χ3v) is 6.22. The van der Waals surface area contributed by atoms with Crippen molar-refractivity contribution < 1.29 is 9.18 Å². The summed E-state index contributed by atoms with van der Waals surface area (Å²) >= 11 is 0. The summed E-state index contributed by atoms with van der Waals surface area (Å²) in [6.45, 7) is 5.43. The molecule has 1 fully saturated rings. The van der Waals surface area contributed by atoms with Gasteiger partial charge < -0.3 is 9.88 Å². The smallest absolute Gasteiger partial charge is 0.249 e. The van der Waals surface area contributed by atoms with Gasteiger partial charge in [-0.1, -0.05) is 19.3 Å². The monoisotopic (exact) mass is 435 g/mol. The molecule has 0 saturated heterocycles. The van der Waals surface area contributed by atoms with Crippen LogP contribution >= 0.6 is 0 Å². The third kappa shape index (κ3) is 4.13. The summed E-state index contributed by atoms with van der Waals surface area (Å²) in [6, 6.07) is 7.09. The molecule has 166 valence electrons. The molecule has 2 aromatic heterocycles. The van der Waals surface area contributed by atoms with Crippen LogP contribution in [0.2, 0.25) is 0 Å². The average molecular weight is 436 g/mol. The van der Waals surface area contributed by atoms with Gasteiger partial charge in [-0.3, -0.25) is 4.79 Å². The Morgan fingerprint density at radius 2 is 2.00 bits per heavy atom. The van der Waals surface area contributed by atoms with Gasteiger partial charge in [0.05, 0.1) is 5.56 Å². The lowest BCUT2D eigenvalue weighted by Gasteiger charge is -2.27. The van der Waals surface area contributed by atoms with E-state index in [1.54, 1.807) is 19.1 Å². The van der Waals surface area contributed by atoms with E-state index >= 15 is 0 Å². The van der Waals surface area contributed by atoms with Crippen LogP contribution in [0.1, 0.15) is 60.5 Å². The quantitative estimate of drug-likeness (QED) is 0.646. The van der Waals surface area contributed by atoms with Crippen LogP contribution < -0.4 is 5.32 Å². The third-order valence-electron chi connectivity index (χ3n) is 6.22. The minimum Gasteiger partial charge on any atom is -0.327 e. The number of nitrogens with one attached hydrogen (secondary N) is 1. The number of nitrogens with zero attached hydrogens (tertiary/aromatic N) is 6. The van der Waals surface area contributed by atoms with Gasteiger partial charge in [0.25, 0.3) is 0 Å². The number of nitriles is 1. The number of carbonyl (C=O) groups excluding carboxylic acids is 1. The fourth-order valence-corrected chi connectivity index (χ4v) is 4.39.